The van der Waals surface area contributed by atoms with Gasteiger partial charge in [0.1, 0.15) is 0 Å². The zero-order valence-corrected chi connectivity index (χ0v) is 18.9. The van der Waals surface area contributed by atoms with Crippen molar-refractivity contribution < 1.29 is 0 Å². The Morgan fingerprint density at radius 1 is 0.727 bits per heavy atom. The van der Waals surface area contributed by atoms with Crippen molar-refractivity contribution in [3.63, 3.8) is 0 Å². The molecule has 4 heteroatoms. The third kappa shape index (κ3) is 5.00. The number of anilines is 1. The van der Waals surface area contributed by atoms with Gasteiger partial charge in [-0.25, -0.2) is 4.98 Å². The van der Waals surface area contributed by atoms with Crippen LogP contribution in [0.4, 0.5) is 5.69 Å². The fraction of sp³-hybridized carbons (Fsp3) is 0.0690. The molecule has 1 heterocycles. The molecular weight excluding hydrogens is 426 g/mol. The number of nitrogens with zero attached hydrogens (tertiary/aromatic N) is 2. The van der Waals surface area contributed by atoms with Gasteiger partial charge in [-0.2, -0.15) is 0 Å². The van der Waals surface area contributed by atoms with E-state index in [-0.39, 0.29) is 0 Å². The van der Waals surface area contributed by atoms with Gasteiger partial charge in [0, 0.05) is 29.0 Å². The lowest BCUT2D eigenvalue weighted by atomic mass is 10.0. The summed E-state index contributed by atoms with van der Waals surface area (Å²) in [6.45, 7) is 1.46. The average Bonchev–Trinajstić information content (AvgIpc) is 3.32. The van der Waals surface area contributed by atoms with E-state index in [1.807, 2.05) is 48.9 Å². The molecule has 0 aliphatic carbocycles. The second-order valence-corrected chi connectivity index (χ2v) is 8.40. The Kier molecular flexibility index (Phi) is 6.23. The quantitative estimate of drug-likeness (QED) is 0.278. The van der Waals surface area contributed by atoms with Crippen molar-refractivity contribution in [2.75, 3.05) is 5.32 Å². The van der Waals surface area contributed by atoms with Gasteiger partial charge < -0.3 is 9.88 Å². The number of benzene rings is 4. The van der Waals surface area contributed by atoms with Gasteiger partial charge in [0.05, 0.1) is 18.6 Å². The minimum atomic E-state index is 0.679. The van der Waals surface area contributed by atoms with E-state index in [4.69, 9.17) is 11.6 Å². The van der Waals surface area contributed by atoms with E-state index in [0.717, 1.165) is 34.1 Å². The number of rotatable bonds is 7. The maximum atomic E-state index is 6.45. The van der Waals surface area contributed by atoms with Crippen molar-refractivity contribution in [3.8, 4) is 22.3 Å². The summed E-state index contributed by atoms with van der Waals surface area (Å²) in [4.78, 5) is 4.38. The first-order valence-electron chi connectivity index (χ1n) is 11.0. The second-order valence-electron chi connectivity index (χ2n) is 7.99. The highest BCUT2D eigenvalue weighted by Gasteiger charge is 2.07. The van der Waals surface area contributed by atoms with Crippen LogP contribution in [0.1, 0.15) is 11.3 Å². The van der Waals surface area contributed by atoms with E-state index >= 15 is 0 Å². The van der Waals surface area contributed by atoms with Gasteiger partial charge in [-0.3, -0.25) is 0 Å². The van der Waals surface area contributed by atoms with Crippen LogP contribution in [0.3, 0.4) is 0 Å². The van der Waals surface area contributed by atoms with Crippen LogP contribution in [0, 0.1) is 0 Å². The van der Waals surface area contributed by atoms with E-state index in [1.165, 1.54) is 16.7 Å². The molecule has 5 rings (SSSR count). The Morgan fingerprint density at radius 2 is 1.39 bits per heavy atom. The molecule has 5 aromatic rings. The van der Waals surface area contributed by atoms with Gasteiger partial charge in [0.2, 0.25) is 0 Å². The summed E-state index contributed by atoms with van der Waals surface area (Å²) in [5.74, 6) is 0. The first-order chi connectivity index (χ1) is 16.3. The molecule has 1 N–H and O–H groups in total. The van der Waals surface area contributed by atoms with Gasteiger partial charge in [0.15, 0.2) is 0 Å². The molecule has 0 saturated heterocycles. The molecule has 0 aliphatic rings. The summed E-state index contributed by atoms with van der Waals surface area (Å²) in [6, 6.07) is 35.4. The summed E-state index contributed by atoms with van der Waals surface area (Å²) in [5, 5.41) is 4.27. The molecule has 33 heavy (non-hydrogen) atoms. The molecule has 0 atom stereocenters. The lowest BCUT2D eigenvalue weighted by molar-refractivity contribution is 0.749. The zero-order valence-electron chi connectivity index (χ0n) is 18.2. The van der Waals surface area contributed by atoms with Crippen molar-refractivity contribution in [2.24, 2.45) is 0 Å². The Hall–Kier alpha value is -3.82. The Bertz CT molecular complexity index is 1330. The lowest BCUT2D eigenvalue weighted by Crippen LogP contribution is -2.08. The number of hydrogen-bond donors (Lipinski definition) is 1. The van der Waals surface area contributed by atoms with Crippen LogP contribution in [0.25, 0.3) is 22.3 Å². The Morgan fingerprint density at radius 3 is 2.12 bits per heavy atom. The minimum Gasteiger partial charge on any atom is -0.379 e. The summed E-state index contributed by atoms with van der Waals surface area (Å²) >= 11 is 6.45. The van der Waals surface area contributed by atoms with Crippen LogP contribution < -0.4 is 5.32 Å². The predicted octanol–water partition coefficient (Wildman–Crippen LogP) is 7.53. The highest BCUT2D eigenvalue weighted by atomic mass is 35.5. The minimum absolute atomic E-state index is 0.679. The van der Waals surface area contributed by atoms with Gasteiger partial charge in [-0.15, -0.1) is 0 Å². The fourth-order valence-corrected chi connectivity index (χ4v) is 4.16. The number of imidazole rings is 1. The molecular formula is C29H24ClN3. The third-order valence-corrected chi connectivity index (χ3v) is 6.07. The first-order valence-corrected chi connectivity index (χ1v) is 11.4. The van der Waals surface area contributed by atoms with Crippen molar-refractivity contribution in [2.45, 2.75) is 13.1 Å². The highest BCUT2D eigenvalue weighted by Crippen LogP contribution is 2.30. The molecule has 0 radical (unpaired) electrons. The van der Waals surface area contributed by atoms with E-state index in [2.05, 4.69) is 81.6 Å². The number of aromatic nitrogens is 2. The van der Waals surface area contributed by atoms with E-state index in [0.29, 0.717) is 6.54 Å². The molecule has 0 saturated carbocycles. The summed E-state index contributed by atoms with van der Waals surface area (Å²) in [7, 11) is 0. The van der Waals surface area contributed by atoms with Crippen LogP contribution in [-0.4, -0.2) is 9.55 Å². The van der Waals surface area contributed by atoms with Gasteiger partial charge in [0.25, 0.3) is 0 Å². The molecule has 4 aromatic carbocycles. The van der Waals surface area contributed by atoms with E-state index in [1.54, 1.807) is 0 Å². The largest absolute Gasteiger partial charge is 0.379 e. The number of hydrogen-bond acceptors (Lipinski definition) is 2. The molecule has 162 valence electrons. The second kappa shape index (κ2) is 9.76. The number of halogens is 1. The Labute approximate surface area is 199 Å². The van der Waals surface area contributed by atoms with E-state index < -0.39 is 0 Å². The summed E-state index contributed by atoms with van der Waals surface area (Å²) < 4.78 is 2.18. The molecule has 0 aliphatic heterocycles. The van der Waals surface area contributed by atoms with E-state index in [9.17, 15) is 0 Å². The lowest BCUT2D eigenvalue weighted by Gasteiger charge is -2.13. The zero-order chi connectivity index (χ0) is 22.5. The normalized spacial score (nSPS) is 10.8. The summed E-state index contributed by atoms with van der Waals surface area (Å²) in [6.07, 6.45) is 3.80. The molecule has 0 bridgehead atoms. The van der Waals surface area contributed by atoms with Gasteiger partial charge in [-0.05, 0) is 40.5 Å². The molecule has 0 amide bonds. The predicted molar refractivity (Wildman–Crippen MR) is 137 cm³/mol. The van der Waals surface area contributed by atoms with Crippen molar-refractivity contribution in [1.82, 2.24) is 9.55 Å². The van der Waals surface area contributed by atoms with Gasteiger partial charge >= 0.3 is 0 Å². The number of nitrogens with one attached hydrogen (secondary N) is 1. The van der Waals surface area contributed by atoms with Crippen LogP contribution in [0.2, 0.25) is 5.02 Å². The molecule has 0 spiro atoms. The van der Waals surface area contributed by atoms with Crippen LogP contribution in [-0.2, 0) is 13.1 Å². The van der Waals surface area contributed by atoms with Gasteiger partial charge in [-0.1, -0.05) is 96.5 Å². The van der Waals surface area contributed by atoms with Crippen molar-refractivity contribution in [3.05, 3.63) is 132 Å². The fourth-order valence-electron chi connectivity index (χ4n) is 3.93. The molecule has 3 nitrogen and oxygen atoms in total. The maximum Gasteiger partial charge on any atom is 0.0951 e. The van der Waals surface area contributed by atoms with Crippen molar-refractivity contribution >= 4 is 17.3 Å². The van der Waals surface area contributed by atoms with Crippen LogP contribution in [0.5, 0.6) is 0 Å². The molecule has 0 fully saturated rings. The van der Waals surface area contributed by atoms with Crippen molar-refractivity contribution in [1.29, 1.82) is 0 Å². The highest BCUT2D eigenvalue weighted by molar-refractivity contribution is 6.33. The summed E-state index contributed by atoms with van der Waals surface area (Å²) in [5.41, 5.74) is 7.98. The molecule has 1 aromatic heterocycles. The third-order valence-electron chi connectivity index (χ3n) is 5.74. The topological polar surface area (TPSA) is 29.9 Å². The first kappa shape index (κ1) is 21.0. The standard InChI is InChI=1S/C29H24ClN3/c30-29-16-15-26(17-28(29)25-9-5-2-6-10-25)32-19-27-18-31-21-33(27)20-22-11-13-24(14-12-22)23-7-3-1-4-8-23/h1-18,21,32H,19-20H2. The maximum absolute atomic E-state index is 6.45. The smallest absolute Gasteiger partial charge is 0.0951 e. The average molecular weight is 450 g/mol. The Balaban J connectivity index is 1.27. The van der Waals surface area contributed by atoms with Crippen LogP contribution >= 0.6 is 11.6 Å². The monoisotopic (exact) mass is 449 g/mol. The molecule has 0 unspecified atom stereocenters. The SMILES string of the molecule is Clc1ccc(NCc2cncn2Cc2ccc(-c3ccccc3)cc2)cc1-c1ccccc1. The van der Waals surface area contributed by atoms with Crippen LogP contribution in [0.15, 0.2) is 116 Å².